The molecule has 35 heavy (non-hydrogen) atoms. The topological polar surface area (TPSA) is 93.8 Å². The SMILES string of the molecule is COc1cc(Cn2c(=O)n(CCc3ccc(OC)c(OC)c3)c(=O)c3ncccc32)cc(OC)c1. The van der Waals surface area contributed by atoms with Crippen molar-refractivity contribution in [1.29, 1.82) is 0 Å². The Bertz CT molecular complexity index is 1450. The van der Waals surface area contributed by atoms with Gasteiger partial charge >= 0.3 is 5.69 Å². The van der Waals surface area contributed by atoms with Gasteiger partial charge in [0.15, 0.2) is 17.0 Å². The zero-order valence-corrected chi connectivity index (χ0v) is 20.1. The van der Waals surface area contributed by atoms with Crippen molar-refractivity contribution in [2.45, 2.75) is 19.5 Å². The van der Waals surface area contributed by atoms with Gasteiger partial charge in [-0.25, -0.2) is 9.78 Å². The molecule has 9 heteroatoms. The van der Waals surface area contributed by atoms with Crippen LogP contribution < -0.4 is 30.2 Å². The normalized spacial score (nSPS) is 10.9. The first kappa shape index (κ1) is 23.9. The van der Waals surface area contributed by atoms with Gasteiger partial charge in [0.05, 0.1) is 40.5 Å². The molecule has 0 spiro atoms. The van der Waals surface area contributed by atoms with Crippen LogP contribution in [0.1, 0.15) is 11.1 Å². The van der Waals surface area contributed by atoms with Crippen LogP contribution in [0.4, 0.5) is 0 Å². The molecule has 0 N–H and O–H groups in total. The lowest BCUT2D eigenvalue weighted by Crippen LogP contribution is -2.41. The maximum Gasteiger partial charge on any atom is 0.331 e. The summed E-state index contributed by atoms with van der Waals surface area (Å²) in [6.45, 7) is 0.395. The molecule has 4 rings (SSSR count). The molecule has 9 nitrogen and oxygen atoms in total. The number of aryl methyl sites for hydroxylation is 1. The van der Waals surface area contributed by atoms with Crippen molar-refractivity contribution < 1.29 is 18.9 Å². The average molecular weight is 478 g/mol. The number of nitrogens with zero attached hydrogens (tertiary/aromatic N) is 3. The lowest BCUT2D eigenvalue weighted by molar-refractivity contribution is 0.354. The van der Waals surface area contributed by atoms with Crippen LogP contribution in [0, 0.1) is 0 Å². The van der Waals surface area contributed by atoms with Crippen molar-refractivity contribution in [3.8, 4) is 23.0 Å². The number of ether oxygens (including phenoxy) is 4. The second-order valence-electron chi connectivity index (χ2n) is 7.86. The van der Waals surface area contributed by atoms with E-state index in [2.05, 4.69) is 4.98 Å². The molecule has 0 bridgehead atoms. The van der Waals surface area contributed by atoms with Gasteiger partial charge in [-0.15, -0.1) is 0 Å². The molecule has 0 aliphatic carbocycles. The summed E-state index contributed by atoms with van der Waals surface area (Å²) in [5, 5.41) is 0. The van der Waals surface area contributed by atoms with Crippen LogP contribution in [0.15, 0.2) is 64.3 Å². The van der Waals surface area contributed by atoms with Crippen molar-refractivity contribution in [2.75, 3.05) is 28.4 Å². The fourth-order valence-corrected chi connectivity index (χ4v) is 4.01. The van der Waals surface area contributed by atoms with Crippen LogP contribution in [0.3, 0.4) is 0 Å². The second-order valence-corrected chi connectivity index (χ2v) is 7.86. The third-order valence-corrected chi connectivity index (χ3v) is 5.81. The van der Waals surface area contributed by atoms with Gasteiger partial charge in [0.25, 0.3) is 5.56 Å². The number of methoxy groups -OCH3 is 4. The highest BCUT2D eigenvalue weighted by Gasteiger charge is 2.15. The molecular weight excluding hydrogens is 450 g/mol. The monoisotopic (exact) mass is 477 g/mol. The highest BCUT2D eigenvalue weighted by molar-refractivity contribution is 5.73. The van der Waals surface area contributed by atoms with Gasteiger partial charge in [0.1, 0.15) is 11.5 Å². The van der Waals surface area contributed by atoms with Gasteiger partial charge in [-0.05, 0) is 53.9 Å². The van der Waals surface area contributed by atoms with Gasteiger partial charge in [0, 0.05) is 18.8 Å². The van der Waals surface area contributed by atoms with Crippen molar-refractivity contribution >= 4 is 11.0 Å². The van der Waals surface area contributed by atoms with Crippen LogP contribution in [0.5, 0.6) is 23.0 Å². The summed E-state index contributed by atoms with van der Waals surface area (Å²) in [6, 6.07) is 14.4. The van der Waals surface area contributed by atoms with E-state index in [1.54, 1.807) is 63.5 Å². The van der Waals surface area contributed by atoms with Gasteiger partial charge in [-0.1, -0.05) is 6.07 Å². The molecule has 0 amide bonds. The molecular formula is C26H27N3O6. The van der Waals surface area contributed by atoms with Crippen molar-refractivity contribution in [3.63, 3.8) is 0 Å². The highest BCUT2D eigenvalue weighted by atomic mass is 16.5. The Morgan fingerprint density at radius 1 is 0.771 bits per heavy atom. The Hall–Kier alpha value is -4.27. The summed E-state index contributed by atoms with van der Waals surface area (Å²) in [7, 11) is 6.27. The lowest BCUT2D eigenvalue weighted by atomic mass is 10.1. The first-order chi connectivity index (χ1) is 17.0. The molecule has 0 unspecified atom stereocenters. The number of hydrogen-bond acceptors (Lipinski definition) is 7. The zero-order valence-electron chi connectivity index (χ0n) is 20.1. The molecule has 4 aromatic rings. The number of fused-ring (bicyclic) bond motifs is 1. The summed E-state index contributed by atoms with van der Waals surface area (Å²) >= 11 is 0. The van der Waals surface area contributed by atoms with E-state index in [0.29, 0.717) is 34.9 Å². The number of pyridine rings is 1. The minimum absolute atomic E-state index is 0.182. The summed E-state index contributed by atoms with van der Waals surface area (Å²) in [5.74, 6) is 2.41. The number of rotatable bonds is 9. The zero-order chi connectivity index (χ0) is 24.9. The maximum atomic E-state index is 13.6. The summed E-state index contributed by atoms with van der Waals surface area (Å²) < 4.78 is 24.2. The third-order valence-electron chi connectivity index (χ3n) is 5.81. The molecule has 2 aromatic heterocycles. The Balaban J connectivity index is 1.76. The number of benzene rings is 2. The van der Waals surface area contributed by atoms with E-state index in [1.165, 1.54) is 4.57 Å². The van der Waals surface area contributed by atoms with Crippen LogP contribution in [-0.2, 0) is 19.5 Å². The predicted octanol–water partition coefficient (Wildman–Crippen LogP) is 2.88. The molecule has 0 radical (unpaired) electrons. The molecule has 0 saturated carbocycles. The molecule has 182 valence electrons. The largest absolute Gasteiger partial charge is 0.497 e. The summed E-state index contributed by atoms with van der Waals surface area (Å²) in [5.41, 5.74) is 1.54. The first-order valence-electron chi connectivity index (χ1n) is 11.0. The minimum atomic E-state index is -0.425. The summed E-state index contributed by atoms with van der Waals surface area (Å²) in [4.78, 5) is 31.0. The lowest BCUT2D eigenvalue weighted by Gasteiger charge is -2.15. The smallest absolute Gasteiger partial charge is 0.331 e. The second kappa shape index (κ2) is 10.3. The standard InChI is InChI=1S/C26H27N3O6/c1-32-19-12-18(13-20(15-19)33-2)16-29-21-6-5-10-27-24(21)25(30)28(26(29)31)11-9-17-7-8-22(34-3)23(14-17)35-4/h5-8,10,12-15H,9,11,16H2,1-4H3. The van der Waals surface area contributed by atoms with Gasteiger partial charge in [0.2, 0.25) is 0 Å². The van der Waals surface area contributed by atoms with E-state index in [-0.39, 0.29) is 18.6 Å². The van der Waals surface area contributed by atoms with Crippen LogP contribution in [0.25, 0.3) is 11.0 Å². The Morgan fingerprint density at radius 2 is 1.49 bits per heavy atom. The van der Waals surface area contributed by atoms with Gasteiger partial charge in [-0.2, -0.15) is 0 Å². The molecule has 0 atom stereocenters. The van der Waals surface area contributed by atoms with Crippen LogP contribution in [0.2, 0.25) is 0 Å². The van der Waals surface area contributed by atoms with Gasteiger partial charge < -0.3 is 18.9 Å². The molecule has 0 aliphatic rings. The van der Waals surface area contributed by atoms with E-state index in [9.17, 15) is 9.59 Å². The van der Waals surface area contributed by atoms with Crippen LogP contribution >= 0.6 is 0 Å². The Morgan fingerprint density at radius 3 is 2.14 bits per heavy atom. The average Bonchev–Trinajstić information content (AvgIpc) is 2.90. The van der Waals surface area contributed by atoms with Crippen LogP contribution in [-0.4, -0.2) is 42.6 Å². The van der Waals surface area contributed by atoms with Crippen molar-refractivity contribution in [1.82, 2.24) is 14.1 Å². The van der Waals surface area contributed by atoms with Crippen molar-refractivity contribution in [2.24, 2.45) is 0 Å². The van der Waals surface area contributed by atoms with E-state index in [4.69, 9.17) is 18.9 Å². The molecule has 0 aliphatic heterocycles. The number of aromatic nitrogens is 3. The minimum Gasteiger partial charge on any atom is -0.497 e. The molecule has 2 aromatic carbocycles. The number of hydrogen-bond donors (Lipinski definition) is 0. The Kier molecular flexibility index (Phi) is 7.05. The quantitative estimate of drug-likeness (QED) is 0.366. The summed E-state index contributed by atoms with van der Waals surface area (Å²) in [6.07, 6.45) is 1.99. The van der Waals surface area contributed by atoms with Gasteiger partial charge in [-0.3, -0.25) is 13.9 Å². The van der Waals surface area contributed by atoms with E-state index >= 15 is 0 Å². The highest BCUT2D eigenvalue weighted by Crippen LogP contribution is 2.28. The predicted molar refractivity (Wildman–Crippen MR) is 132 cm³/mol. The van der Waals surface area contributed by atoms with E-state index in [0.717, 1.165) is 11.1 Å². The van der Waals surface area contributed by atoms with E-state index in [1.807, 2.05) is 24.3 Å². The van der Waals surface area contributed by atoms with Crippen molar-refractivity contribution in [3.05, 3.63) is 86.7 Å². The molecule has 0 fully saturated rings. The van der Waals surface area contributed by atoms with E-state index < -0.39 is 11.2 Å². The first-order valence-corrected chi connectivity index (χ1v) is 11.0. The maximum absolute atomic E-state index is 13.6. The fourth-order valence-electron chi connectivity index (χ4n) is 4.01. The molecule has 0 saturated heterocycles. The third kappa shape index (κ3) is 4.84. The Labute approximate surface area is 202 Å². The molecule has 2 heterocycles. The fraction of sp³-hybridized carbons (Fsp3) is 0.269.